The zero-order valence-electron chi connectivity index (χ0n) is 15.4. The molecule has 0 bridgehead atoms. The largest absolute Gasteiger partial charge is 0.465 e. The van der Waals surface area contributed by atoms with Gasteiger partial charge in [0.15, 0.2) is 0 Å². The van der Waals surface area contributed by atoms with E-state index in [1.54, 1.807) is 24.3 Å². The third-order valence-corrected chi connectivity index (χ3v) is 4.85. The fraction of sp³-hybridized carbons (Fsp3) is 0.526. The first-order valence-electron chi connectivity index (χ1n) is 9.15. The average Bonchev–Trinajstić information content (AvgIpc) is 3.49. The molecular weight excluding hydrogens is 350 g/mol. The molecule has 8 heteroatoms. The maximum Gasteiger partial charge on any atom is 0.337 e. The first-order valence-corrected chi connectivity index (χ1v) is 9.15. The minimum Gasteiger partial charge on any atom is -0.465 e. The summed E-state index contributed by atoms with van der Waals surface area (Å²) in [5.41, 5.74) is 0.879. The number of amides is 2. The normalized spacial score (nSPS) is 22.0. The molecule has 0 radical (unpaired) electrons. The van der Waals surface area contributed by atoms with Crippen LogP contribution in [0, 0.1) is 11.8 Å². The summed E-state index contributed by atoms with van der Waals surface area (Å²) in [5, 5.41) is 5.68. The lowest BCUT2D eigenvalue weighted by atomic mass is 10.2. The van der Waals surface area contributed by atoms with Crippen LogP contribution >= 0.6 is 0 Å². The summed E-state index contributed by atoms with van der Waals surface area (Å²) in [6, 6.07) is 6.54. The number of nitrogens with zero attached hydrogens (tertiary/aromatic N) is 1. The first-order chi connectivity index (χ1) is 13.1. The lowest BCUT2D eigenvalue weighted by Crippen LogP contribution is -2.41. The Morgan fingerprint density at radius 2 is 1.93 bits per heavy atom. The van der Waals surface area contributed by atoms with Crippen LogP contribution in [-0.2, 0) is 19.1 Å². The van der Waals surface area contributed by atoms with Crippen molar-refractivity contribution >= 4 is 23.5 Å². The molecule has 1 heterocycles. The van der Waals surface area contributed by atoms with Gasteiger partial charge >= 0.3 is 5.97 Å². The molecule has 27 heavy (non-hydrogen) atoms. The second kappa shape index (κ2) is 8.96. The number of benzene rings is 1. The van der Waals surface area contributed by atoms with E-state index >= 15 is 0 Å². The maximum atomic E-state index is 12.3. The van der Waals surface area contributed by atoms with Crippen molar-refractivity contribution in [2.24, 2.45) is 11.8 Å². The van der Waals surface area contributed by atoms with Gasteiger partial charge in [0.2, 0.25) is 11.8 Å². The van der Waals surface area contributed by atoms with Gasteiger partial charge in [0, 0.05) is 31.9 Å². The number of methoxy groups -OCH3 is 1. The summed E-state index contributed by atoms with van der Waals surface area (Å²) in [4.78, 5) is 38.3. The van der Waals surface area contributed by atoms with Crippen LogP contribution in [0.15, 0.2) is 24.3 Å². The molecule has 2 amide bonds. The van der Waals surface area contributed by atoms with Crippen molar-refractivity contribution in [2.45, 2.75) is 6.42 Å². The molecule has 8 nitrogen and oxygen atoms in total. The van der Waals surface area contributed by atoms with E-state index in [2.05, 4.69) is 20.3 Å². The standard InChI is InChI=1S/C19H25N3O5/c1-26-19(25)13-3-2-4-14(11-13)21-18(24)16-12-15(16)17(23)20-5-6-22-7-9-27-10-8-22/h2-4,11,15-16H,5-10,12H2,1H3,(H,20,23)(H,21,24). The highest BCUT2D eigenvalue weighted by Gasteiger charge is 2.47. The van der Waals surface area contributed by atoms with Gasteiger partial charge < -0.3 is 20.1 Å². The molecule has 3 rings (SSSR count). The van der Waals surface area contributed by atoms with E-state index in [1.807, 2.05) is 0 Å². The van der Waals surface area contributed by atoms with E-state index in [0.29, 0.717) is 24.2 Å². The van der Waals surface area contributed by atoms with Gasteiger partial charge in [-0.1, -0.05) is 6.07 Å². The van der Waals surface area contributed by atoms with Crippen LogP contribution in [0.1, 0.15) is 16.8 Å². The molecule has 1 saturated carbocycles. The van der Waals surface area contributed by atoms with Crippen molar-refractivity contribution in [1.82, 2.24) is 10.2 Å². The Kier molecular flexibility index (Phi) is 6.41. The quantitative estimate of drug-likeness (QED) is 0.674. The van der Waals surface area contributed by atoms with Crippen LogP contribution in [0.4, 0.5) is 5.69 Å². The number of hydrogen-bond donors (Lipinski definition) is 2. The molecule has 2 fully saturated rings. The maximum absolute atomic E-state index is 12.3. The molecule has 1 aliphatic carbocycles. The van der Waals surface area contributed by atoms with Crippen molar-refractivity contribution in [3.05, 3.63) is 29.8 Å². The van der Waals surface area contributed by atoms with E-state index < -0.39 is 5.97 Å². The smallest absolute Gasteiger partial charge is 0.337 e. The van der Waals surface area contributed by atoms with Gasteiger partial charge in [-0.05, 0) is 24.6 Å². The third kappa shape index (κ3) is 5.27. The lowest BCUT2D eigenvalue weighted by Gasteiger charge is -2.26. The van der Waals surface area contributed by atoms with Crippen LogP contribution in [0.2, 0.25) is 0 Å². The van der Waals surface area contributed by atoms with Gasteiger partial charge in [0.25, 0.3) is 0 Å². The van der Waals surface area contributed by atoms with Crippen LogP contribution < -0.4 is 10.6 Å². The third-order valence-electron chi connectivity index (χ3n) is 4.85. The Morgan fingerprint density at radius 1 is 1.19 bits per heavy atom. The van der Waals surface area contributed by atoms with Crippen LogP contribution in [0.3, 0.4) is 0 Å². The van der Waals surface area contributed by atoms with Crippen molar-refractivity contribution in [1.29, 1.82) is 0 Å². The highest BCUT2D eigenvalue weighted by Crippen LogP contribution is 2.39. The van der Waals surface area contributed by atoms with Gasteiger partial charge in [-0.15, -0.1) is 0 Å². The van der Waals surface area contributed by atoms with Gasteiger partial charge in [0.1, 0.15) is 0 Å². The molecule has 1 aliphatic heterocycles. The van der Waals surface area contributed by atoms with Crippen molar-refractivity contribution in [3.63, 3.8) is 0 Å². The molecule has 0 aromatic heterocycles. The molecule has 0 spiro atoms. The van der Waals surface area contributed by atoms with E-state index in [0.717, 1.165) is 32.8 Å². The predicted octanol–water partition coefficient (Wildman–Crippen LogP) is 0.496. The number of carbonyl (C=O) groups excluding carboxylic acids is 3. The number of anilines is 1. The van der Waals surface area contributed by atoms with E-state index in [9.17, 15) is 14.4 Å². The topological polar surface area (TPSA) is 97.0 Å². The van der Waals surface area contributed by atoms with Crippen LogP contribution in [-0.4, -0.2) is 69.2 Å². The van der Waals surface area contributed by atoms with Gasteiger partial charge in [-0.25, -0.2) is 4.79 Å². The van der Waals surface area contributed by atoms with Crippen molar-refractivity contribution in [3.8, 4) is 0 Å². The first kappa shape index (κ1) is 19.3. The Balaban J connectivity index is 1.42. The van der Waals surface area contributed by atoms with E-state index in [1.165, 1.54) is 7.11 Å². The van der Waals surface area contributed by atoms with Gasteiger partial charge in [0.05, 0.1) is 37.7 Å². The molecule has 2 atom stereocenters. The second-order valence-electron chi connectivity index (χ2n) is 6.76. The van der Waals surface area contributed by atoms with Crippen molar-refractivity contribution < 1.29 is 23.9 Å². The number of carbonyl (C=O) groups is 3. The van der Waals surface area contributed by atoms with Gasteiger partial charge in [-0.2, -0.15) is 0 Å². The van der Waals surface area contributed by atoms with E-state index in [-0.39, 0.29) is 23.7 Å². The SMILES string of the molecule is COC(=O)c1cccc(NC(=O)C2CC2C(=O)NCCN2CCOCC2)c1. The second-order valence-corrected chi connectivity index (χ2v) is 6.76. The minimum atomic E-state index is -0.463. The Labute approximate surface area is 158 Å². The number of ether oxygens (including phenoxy) is 2. The molecular formula is C19H25N3O5. The summed E-state index contributed by atoms with van der Waals surface area (Å²) in [6.07, 6.45) is 0.548. The molecule has 2 unspecified atom stereocenters. The number of esters is 1. The molecule has 146 valence electrons. The highest BCUT2D eigenvalue weighted by atomic mass is 16.5. The van der Waals surface area contributed by atoms with E-state index in [4.69, 9.17) is 4.74 Å². The fourth-order valence-electron chi connectivity index (χ4n) is 3.14. The summed E-state index contributed by atoms with van der Waals surface area (Å²) in [6.45, 7) is 4.60. The Bertz CT molecular complexity index is 702. The highest BCUT2D eigenvalue weighted by molar-refractivity contribution is 6.00. The average molecular weight is 375 g/mol. The zero-order chi connectivity index (χ0) is 19.2. The zero-order valence-corrected chi connectivity index (χ0v) is 15.4. The molecule has 1 aromatic rings. The number of nitrogens with one attached hydrogen (secondary N) is 2. The number of morpholine rings is 1. The Morgan fingerprint density at radius 3 is 2.67 bits per heavy atom. The minimum absolute atomic E-state index is 0.0771. The molecule has 2 N–H and O–H groups in total. The predicted molar refractivity (Wildman–Crippen MR) is 98.3 cm³/mol. The summed E-state index contributed by atoms with van der Waals surface area (Å²) >= 11 is 0. The molecule has 2 aliphatic rings. The fourth-order valence-corrected chi connectivity index (χ4v) is 3.14. The van der Waals surface area contributed by atoms with Crippen molar-refractivity contribution in [2.75, 3.05) is 51.8 Å². The van der Waals surface area contributed by atoms with Gasteiger partial charge in [-0.3, -0.25) is 14.5 Å². The Hall–Kier alpha value is -2.45. The number of hydrogen-bond acceptors (Lipinski definition) is 6. The van der Waals surface area contributed by atoms with Crippen LogP contribution in [0.5, 0.6) is 0 Å². The van der Waals surface area contributed by atoms with Crippen LogP contribution in [0.25, 0.3) is 0 Å². The molecule has 1 saturated heterocycles. The summed E-state index contributed by atoms with van der Waals surface area (Å²) in [5.74, 6) is -1.35. The number of rotatable bonds is 7. The summed E-state index contributed by atoms with van der Waals surface area (Å²) < 4.78 is 9.96. The monoisotopic (exact) mass is 375 g/mol. The molecule has 1 aromatic carbocycles. The lowest BCUT2D eigenvalue weighted by molar-refractivity contribution is -0.125. The summed E-state index contributed by atoms with van der Waals surface area (Å²) in [7, 11) is 1.31.